The van der Waals surface area contributed by atoms with Gasteiger partial charge < -0.3 is 5.11 Å². The highest BCUT2D eigenvalue weighted by atomic mass is 32.2. The van der Waals surface area contributed by atoms with Crippen molar-refractivity contribution < 1.29 is 5.11 Å². The Hall–Kier alpha value is -1.95. The molecule has 0 saturated heterocycles. The number of aromatic amines is 1. The van der Waals surface area contributed by atoms with Gasteiger partial charge in [0.05, 0.1) is 21.9 Å². The molecule has 5 nitrogen and oxygen atoms in total. The fraction of sp³-hybridized carbons (Fsp3) is 0.444. The highest BCUT2D eigenvalue weighted by Crippen LogP contribution is 2.45. The average molecular weight is 343 g/mol. The summed E-state index contributed by atoms with van der Waals surface area (Å²) in [5.74, 6) is 1.03. The van der Waals surface area contributed by atoms with E-state index in [0.717, 1.165) is 34.8 Å². The quantitative estimate of drug-likeness (QED) is 0.855. The van der Waals surface area contributed by atoms with Crippen molar-refractivity contribution in [2.24, 2.45) is 4.99 Å². The molecule has 1 aromatic carbocycles. The molecule has 1 aliphatic carbocycles. The van der Waals surface area contributed by atoms with Crippen LogP contribution in [-0.2, 0) is 0 Å². The first kappa shape index (κ1) is 15.6. The molecule has 0 amide bonds. The minimum atomic E-state index is -0.0771. The van der Waals surface area contributed by atoms with E-state index in [1.54, 1.807) is 23.9 Å². The molecule has 2 aromatic rings. The number of H-pyrrole nitrogens is 1. The van der Waals surface area contributed by atoms with Gasteiger partial charge in [-0.1, -0.05) is 43.2 Å². The molecule has 4 rings (SSSR count). The number of benzene rings is 1. The summed E-state index contributed by atoms with van der Waals surface area (Å²) in [5, 5.41) is 13.5. The van der Waals surface area contributed by atoms with E-state index < -0.39 is 0 Å². The van der Waals surface area contributed by atoms with Crippen molar-refractivity contribution in [3.05, 3.63) is 45.7 Å². The molecule has 0 spiro atoms. The Morgan fingerprint density at radius 1 is 1.21 bits per heavy atom. The Balaban J connectivity index is 1.80. The van der Waals surface area contributed by atoms with Crippen LogP contribution in [-0.4, -0.2) is 19.9 Å². The first-order valence-corrected chi connectivity index (χ1v) is 9.37. The first-order valence-electron chi connectivity index (χ1n) is 8.49. The zero-order valence-corrected chi connectivity index (χ0v) is 14.5. The van der Waals surface area contributed by atoms with Gasteiger partial charge in [0.1, 0.15) is 5.75 Å². The third kappa shape index (κ3) is 2.69. The monoisotopic (exact) mass is 343 g/mol. The van der Waals surface area contributed by atoms with Crippen molar-refractivity contribution in [1.82, 2.24) is 9.78 Å². The van der Waals surface area contributed by atoms with E-state index in [2.05, 4.69) is 5.10 Å². The molecule has 1 atom stereocenters. The summed E-state index contributed by atoms with van der Waals surface area (Å²) in [7, 11) is 0. The lowest BCUT2D eigenvalue weighted by Crippen LogP contribution is -2.16. The predicted octanol–water partition coefficient (Wildman–Crippen LogP) is 4.27. The van der Waals surface area contributed by atoms with Gasteiger partial charge in [0.15, 0.2) is 5.82 Å². The summed E-state index contributed by atoms with van der Waals surface area (Å²) in [6.45, 7) is 1.99. The van der Waals surface area contributed by atoms with Crippen LogP contribution >= 0.6 is 11.8 Å². The Morgan fingerprint density at radius 2 is 1.92 bits per heavy atom. The molecule has 6 heteroatoms. The normalized spacial score (nSPS) is 21.4. The molecule has 1 aromatic heterocycles. The molecule has 1 aliphatic heterocycles. The maximum absolute atomic E-state index is 12.7. The summed E-state index contributed by atoms with van der Waals surface area (Å²) in [6, 6.07) is 7.45. The van der Waals surface area contributed by atoms with Crippen LogP contribution in [0.25, 0.3) is 0 Å². The number of rotatable bonds is 2. The van der Waals surface area contributed by atoms with Gasteiger partial charge in [-0.2, -0.15) is 0 Å². The van der Waals surface area contributed by atoms with Crippen LogP contribution in [0.4, 0.5) is 5.82 Å². The summed E-state index contributed by atoms with van der Waals surface area (Å²) in [4.78, 5) is 17.4. The van der Waals surface area contributed by atoms with E-state index in [9.17, 15) is 9.90 Å². The van der Waals surface area contributed by atoms with Crippen LogP contribution in [0.15, 0.2) is 34.1 Å². The van der Waals surface area contributed by atoms with E-state index in [4.69, 9.17) is 4.99 Å². The second-order valence-electron chi connectivity index (χ2n) is 6.56. The van der Waals surface area contributed by atoms with Crippen LogP contribution in [0.2, 0.25) is 0 Å². The number of aromatic hydroxyl groups is 1. The molecule has 2 aliphatic rings. The van der Waals surface area contributed by atoms with Gasteiger partial charge in [0.25, 0.3) is 5.56 Å². The Bertz CT molecular complexity index is 829. The van der Waals surface area contributed by atoms with E-state index >= 15 is 0 Å². The number of aliphatic imine (C=N–C) groups is 1. The number of thioether (sulfide) groups is 1. The Morgan fingerprint density at radius 3 is 2.62 bits per heavy atom. The molecule has 24 heavy (non-hydrogen) atoms. The minimum absolute atomic E-state index is 0.0441. The molecule has 0 bridgehead atoms. The summed E-state index contributed by atoms with van der Waals surface area (Å²) >= 11 is 1.60. The molecule has 0 radical (unpaired) electrons. The number of hydrogen-bond acceptors (Lipinski definition) is 4. The lowest BCUT2D eigenvalue weighted by Gasteiger charge is -2.26. The average Bonchev–Trinajstić information content (AvgIpc) is 2.92. The van der Waals surface area contributed by atoms with Crippen molar-refractivity contribution >= 4 is 22.6 Å². The number of phenolic OH excluding ortho intramolecular Hbond substituents is 1. The smallest absolute Gasteiger partial charge is 0.271 e. The molecule has 2 N–H and O–H groups in total. The molecule has 1 saturated carbocycles. The van der Waals surface area contributed by atoms with Crippen molar-refractivity contribution in [2.75, 3.05) is 0 Å². The second-order valence-corrected chi connectivity index (χ2v) is 7.86. The zero-order valence-electron chi connectivity index (χ0n) is 13.7. The van der Waals surface area contributed by atoms with E-state index in [-0.39, 0.29) is 16.6 Å². The van der Waals surface area contributed by atoms with Gasteiger partial charge >= 0.3 is 0 Å². The number of aromatic nitrogens is 2. The zero-order chi connectivity index (χ0) is 16.7. The Kier molecular flexibility index (Phi) is 4.00. The van der Waals surface area contributed by atoms with Crippen LogP contribution in [0.3, 0.4) is 0 Å². The van der Waals surface area contributed by atoms with Gasteiger partial charge in [0.2, 0.25) is 0 Å². The standard InChI is InChI=1S/C18H21N3O2S/c1-11-19-17-15(16(24-11)12-7-9-14(22)10-8-12)18(23)20-21(17)13-5-3-2-4-6-13/h7-10,13,16,22H,2-6H2,1H3,(H,20,23)/t16-/m1/s1. The maximum Gasteiger partial charge on any atom is 0.271 e. The number of hydrogen-bond donors (Lipinski definition) is 2. The highest BCUT2D eigenvalue weighted by Gasteiger charge is 2.32. The van der Waals surface area contributed by atoms with Crippen molar-refractivity contribution in [1.29, 1.82) is 0 Å². The van der Waals surface area contributed by atoms with Gasteiger partial charge in [-0.3, -0.25) is 14.6 Å². The minimum Gasteiger partial charge on any atom is -0.508 e. The van der Waals surface area contributed by atoms with Gasteiger partial charge in [0, 0.05) is 0 Å². The largest absolute Gasteiger partial charge is 0.508 e. The van der Waals surface area contributed by atoms with Crippen molar-refractivity contribution in [2.45, 2.75) is 50.3 Å². The topological polar surface area (TPSA) is 70.4 Å². The van der Waals surface area contributed by atoms with Crippen LogP contribution in [0.5, 0.6) is 5.75 Å². The molecule has 2 heterocycles. The molecule has 0 unspecified atom stereocenters. The van der Waals surface area contributed by atoms with Crippen molar-refractivity contribution in [3.8, 4) is 5.75 Å². The van der Waals surface area contributed by atoms with Gasteiger partial charge in [-0.05, 0) is 37.5 Å². The van der Waals surface area contributed by atoms with Crippen molar-refractivity contribution in [3.63, 3.8) is 0 Å². The fourth-order valence-corrected chi connectivity index (χ4v) is 4.80. The number of nitrogens with zero attached hydrogens (tertiary/aromatic N) is 2. The Labute approximate surface area is 144 Å². The lowest BCUT2D eigenvalue weighted by molar-refractivity contribution is 0.331. The third-order valence-corrected chi connectivity index (χ3v) is 6.06. The second kappa shape index (κ2) is 6.16. The molecular formula is C18H21N3O2S. The van der Waals surface area contributed by atoms with Gasteiger partial charge in [-0.25, -0.2) is 4.99 Å². The molecular weight excluding hydrogens is 322 g/mol. The fourth-order valence-electron chi connectivity index (χ4n) is 3.70. The van der Waals surface area contributed by atoms with Crippen LogP contribution in [0, 0.1) is 0 Å². The lowest BCUT2D eigenvalue weighted by atomic mass is 9.95. The van der Waals surface area contributed by atoms with Crippen LogP contribution in [0.1, 0.15) is 61.4 Å². The predicted molar refractivity (Wildman–Crippen MR) is 97.5 cm³/mol. The van der Waals surface area contributed by atoms with E-state index in [1.807, 2.05) is 23.7 Å². The maximum atomic E-state index is 12.7. The summed E-state index contributed by atoms with van der Waals surface area (Å²) in [5.41, 5.74) is 1.71. The highest BCUT2D eigenvalue weighted by molar-refractivity contribution is 8.14. The summed E-state index contributed by atoms with van der Waals surface area (Å²) in [6.07, 6.45) is 5.89. The summed E-state index contributed by atoms with van der Waals surface area (Å²) < 4.78 is 2.01. The SMILES string of the molecule is CC1=Nc2c(c(=O)[nH]n2C2CCCCC2)[C@@H](c2ccc(O)cc2)S1. The van der Waals surface area contributed by atoms with E-state index in [0.29, 0.717) is 6.04 Å². The van der Waals surface area contributed by atoms with Gasteiger partial charge in [-0.15, -0.1) is 0 Å². The molecule has 126 valence electrons. The van der Waals surface area contributed by atoms with Crippen LogP contribution < -0.4 is 5.56 Å². The number of fused-ring (bicyclic) bond motifs is 1. The van der Waals surface area contributed by atoms with E-state index in [1.165, 1.54) is 19.3 Å². The first-order chi connectivity index (χ1) is 11.6. The number of nitrogens with one attached hydrogen (secondary N) is 1. The number of phenols is 1. The third-order valence-electron chi connectivity index (χ3n) is 4.89. The molecule has 1 fully saturated rings.